The lowest BCUT2D eigenvalue weighted by molar-refractivity contribution is -0.115. The van der Waals surface area contributed by atoms with Gasteiger partial charge in [0.1, 0.15) is 5.75 Å². The van der Waals surface area contributed by atoms with Crippen LogP contribution in [0.1, 0.15) is 31.1 Å². The molecular formula is C20H21N5O3S. The Morgan fingerprint density at radius 3 is 2.66 bits per heavy atom. The van der Waals surface area contributed by atoms with Crippen molar-refractivity contribution in [2.45, 2.75) is 31.2 Å². The van der Waals surface area contributed by atoms with Gasteiger partial charge in [-0.05, 0) is 67.6 Å². The SMILES string of the molecule is CCOc1ccc(-n2nnnc2S[C@H](C)C(=O)Nc2cccc(C(C)=O)c2)cc1. The molecular weight excluding hydrogens is 390 g/mol. The molecule has 3 rings (SSSR count). The molecule has 0 aliphatic rings. The Morgan fingerprint density at radius 2 is 1.97 bits per heavy atom. The topological polar surface area (TPSA) is 99.0 Å². The third kappa shape index (κ3) is 5.20. The van der Waals surface area contributed by atoms with Crippen LogP contribution in [0.5, 0.6) is 5.75 Å². The van der Waals surface area contributed by atoms with Crippen LogP contribution in [-0.4, -0.2) is 43.8 Å². The first-order chi connectivity index (χ1) is 14.0. The van der Waals surface area contributed by atoms with Crippen molar-refractivity contribution in [1.82, 2.24) is 20.2 Å². The minimum Gasteiger partial charge on any atom is -0.494 e. The Morgan fingerprint density at radius 1 is 1.21 bits per heavy atom. The predicted octanol–water partition coefficient (Wildman–Crippen LogP) is 3.38. The van der Waals surface area contributed by atoms with Crippen LogP contribution >= 0.6 is 11.8 Å². The zero-order chi connectivity index (χ0) is 20.8. The number of rotatable bonds is 8. The van der Waals surface area contributed by atoms with E-state index in [1.807, 2.05) is 31.2 Å². The summed E-state index contributed by atoms with van der Waals surface area (Å²) in [7, 11) is 0. The molecule has 0 unspecified atom stereocenters. The molecule has 0 saturated carbocycles. The average Bonchev–Trinajstić information content (AvgIpc) is 3.17. The van der Waals surface area contributed by atoms with Crippen LogP contribution in [-0.2, 0) is 4.79 Å². The van der Waals surface area contributed by atoms with Gasteiger partial charge in [0, 0.05) is 11.3 Å². The lowest BCUT2D eigenvalue weighted by atomic mass is 10.1. The van der Waals surface area contributed by atoms with Crippen LogP contribution in [0.25, 0.3) is 5.69 Å². The Balaban J connectivity index is 1.69. The van der Waals surface area contributed by atoms with E-state index in [4.69, 9.17) is 4.74 Å². The maximum absolute atomic E-state index is 12.6. The number of hydrogen-bond acceptors (Lipinski definition) is 7. The highest BCUT2D eigenvalue weighted by molar-refractivity contribution is 8.00. The number of aromatic nitrogens is 4. The van der Waals surface area contributed by atoms with E-state index >= 15 is 0 Å². The third-order valence-electron chi connectivity index (χ3n) is 4.02. The van der Waals surface area contributed by atoms with Gasteiger partial charge in [-0.1, -0.05) is 23.9 Å². The van der Waals surface area contributed by atoms with Crippen molar-refractivity contribution in [2.75, 3.05) is 11.9 Å². The van der Waals surface area contributed by atoms with Gasteiger partial charge in [-0.25, -0.2) is 0 Å². The largest absolute Gasteiger partial charge is 0.494 e. The first-order valence-electron chi connectivity index (χ1n) is 9.08. The van der Waals surface area contributed by atoms with E-state index in [2.05, 4.69) is 20.8 Å². The fraction of sp³-hybridized carbons (Fsp3) is 0.250. The van der Waals surface area contributed by atoms with Crippen LogP contribution in [0.15, 0.2) is 53.7 Å². The van der Waals surface area contributed by atoms with Gasteiger partial charge in [0.2, 0.25) is 11.1 Å². The van der Waals surface area contributed by atoms with Gasteiger partial charge in [-0.3, -0.25) is 9.59 Å². The minimum absolute atomic E-state index is 0.0574. The van der Waals surface area contributed by atoms with Crippen LogP contribution in [0, 0.1) is 0 Å². The monoisotopic (exact) mass is 411 g/mol. The van der Waals surface area contributed by atoms with Gasteiger partial charge in [0.15, 0.2) is 5.78 Å². The summed E-state index contributed by atoms with van der Waals surface area (Å²) in [4.78, 5) is 24.1. The first kappa shape index (κ1) is 20.5. The molecule has 0 saturated heterocycles. The molecule has 3 aromatic rings. The highest BCUT2D eigenvalue weighted by atomic mass is 32.2. The zero-order valence-corrected chi connectivity index (χ0v) is 17.1. The van der Waals surface area contributed by atoms with Gasteiger partial charge in [-0.15, -0.1) is 5.10 Å². The van der Waals surface area contributed by atoms with E-state index < -0.39 is 5.25 Å². The van der Waals surface area contributed by atoms with E-state index in [1.54, 1.807) is 35.9 Å². The van der Waals surface area contributed by atoms with Crippen LogP contribution in [0.2, 0.25) is 0 Å². The number of carbonyl (C=O) groups is 2. The lowest BCUT2D eigenvalue weighted by Gasteiger charge is -2.12. The summed E-state index contributed by atoms with van der Waals surface area (Å²) >= 11 is 1.24. The van der Waals surface area contributed by atoms with E-state index in [0.717, 1.165) is 11.4 Å². The molecule has 8 nitrogen and oxygen atoms in total. The van der Waals surface area contributed by atoms with E-state index in [-0.39, 0.29) is 11.7 Å². The molecule has 1 heterocycles. The average molecular weight is 411 g/mol. The molecule has 9 heteroatoms. The number of amides is 1. The summed E-state index contributed by atoms with van der Waals surface area (Å²) in [5, 5.41) is 14.6. The van der Waals surface area contributed by atoms with Crippen LogP contribution in [0.4, 0.5) is 5.69 Å². The zero-order valence-electron chi connectivity index (χ0n) is 16.3. The number of Topliss-reactive ketones (excluding diaryl/α,β-unsaturated/α-hetero) is 1. The van der Waals surface area contributed by atoms with Gasteiger partial charge < -0.3 is 10.1 Å². The van der Waals surface area contributed by atoms with Gasteiger partial charge in [-0.2, -0.15) is 4.68 Å². The Labute approximate surface area is 172 Å². The van der Waals surface area contributed by atoms with Crippen molar-refractivity contribution >= 4 is 29.1 Å². The Kier molecular flexibility index (Phi) is 6.61. The predicted molar refractivity (Wildman–Crippen MR) is 111 cm³/mol. The molecule has 1 amide bonds. The maximum Gasteiger partial charge on any atom is 0.237 e. The summed E-state index contributed by atoms with van der Waals surface area (Å²) in [6.07, 6.45) is 0. The summed E-state index contributed by atoms with van der Waals surface area (Å²) in [5.74, 6) is 0.495. The molecule has 1 N–H and O–H groups in total. The number of ketones is 1. The quantitative estimate of drug-likeness (QED) is 0.448. The minimum atomic E-state index is -0.455. The smallest absolute Gasteiger partial charge is 0.237 e. The number of nitrogens with zero attached hydrogens (tertiary/aromatic N) is 4. The van der Waals surface area contributed by atoms with Crippen molar-refractivity contribution in [3.05, 3.63) is 54.1 Å². The number of benzene rings is 2. The number of hydrogen-bond donors (Lipinski definition) is 1. The summed E-state index contributed by atoms with van der Waals surface area (Å²) in [5.41, 5.74) is 1.88. The number of ether oxygens (including phenoxy) is 1. The van der Waals surface area contributed by atoms with E-state index in [0.29, 0.717) is 23.0 Å². The number of thioether (sulfide) groups is 1. The van der Waals surface area contributed by atoms with Gasteiger partial charge in [0.05, 0.1) is 17.5 Å². The van der Waals surface area contributed by atoms with Crippen molar-refractivity contribution in [3.8, 4) is 11.4 Å². The number of anilines is 1. The fourth-order valence-corrected chi connectivity index (χ4v) is 3.34. The lowest BCUT2D eigenvalue weighted by Crippen LogP contribution is -2.23. The summed E-state index contributed by atoms with van der Waals surface area (Å²) in [6, 6.07) is 14.2. The van der Waals surface area contributed by atoms with Crippen LogP contribution < -0.4 is 10.1 Å². The molecule has 150 valence electrons. The molecule has 29 heavy (non-hydrogen) atoms. The maximum atomic E-state index is 12.6. The number of tetrazole rings is 1. The van der Waals surface area contributed by atoms with Crippen LogP contribution in [0.3, 0.4) is 0 Å². The standard InChI is InChI=1S/C20H21N5O3S/c1-4-28-18-10-8-17(9-11-18)25-20(22-23-24-25)29-14(3)19(27)21-16-7-5-6-15(12-16)13(2)26/h5-12,14H,4H2,1-3H3,(H,21,27)/t14-/m1/s1. The second-order valence-electron chi connectivity index (χ2n) is 6.19. The second-order valence-corrected chi connectivity index (χ2v) is 7.49. The summed E-state index contributed by atoms with van der Waals surface area (Å²) < 4.78 is 7.01. The molecule has 0 fully saturated rings. The fourth-order valence-electron chi connectivity index (χ4n) is 2.54. The molecule has 1 atom stereocenters. The number of nitrogens with one attached hydrogen (secondary N) is 1. The highest BCUT2D eigenvalue weighted by Crippen LogP contribution is 2.25. The summed E-state index contributed by atoms with van der Waals surface area (Å²) in [6.45, 7) is 5.77. The van der Waals surface area contributed by atoms with Crippen molar-refractivity contribution in [3.63, 3.8) is 0 Å². The molecule has 0 radical (unpaired) electrons. The van der Waals surface area contributed by atoms with Crippen molar-refractivity contribution < 1.29 is 14.3 Å². The van der Waals surface area contributed by atoms with E-state index in [1.165, 1.54) is 18.7 Å². The second kappa shape index (κ2) is 9.33. The molecule has 0 aliphatic heterocycles. The van der Waals surface area contributed by atoms with Gasteiger partial charge >= 0.3 is 0 Å². The normalized spacial score (nSPS) is 11.7. The first-order valence-corrected chi connectivity index (χ1v) is 9.96. The molecule has 1 aromatic heterocycles. The van der Waals surface area contributed by atoms with E-state index in [9.17, 15) is 9.59 Å². The Hall–Kier alpha value is -3.20. The Bertz CT molecular complexity index is 1000. The number of carbonyl (C=O) groups excluding carboxylic acids is 2. The molecule has 0 aliphatic carbocycles. The molecule has 2 aromatic carbocycles. The molecule has 0 spiro atoms. The van der Waals surface area contributed by atoms with Crippen molar-refractivity contribution in [2.24, 2.45) is 0 Å². The molecule has 0 bridgehead atoms. The third-order valence-corrected chi connectivity index (χ3v) is 5.05. The van der Waals surface area contributed by atoms with Gasteiger partial charge in [0.25, 0.3) is 0 Å². The van der Waals surface area contributed by atoms with Crippen molar-refractivity contribution in [1.29, 1.82) is 0 Å². The highest BCUT2D eigenvalue weighted by Gasteiger charge is 2.19.